The molecule has 6 heteroatoms. The van der Waals surface area contributed by atoms with Crippen LogP contribution < -0.4 is 20.9 Å². The van der Waals surface area contributed by atoms with Gasteiger partial charge in [0.15, 0.2) is 0 Å². The molecule has 1 amide bonds. The van der Waals surface area contributed by atoms with E-state index >= 15 is 0 Å². The molecule has 3 N–H and O–H groups in total. The molecule has 0 aromatic heterocycles. The molecule has 5 nitrogen and oxygen atoms in total. The molecular formula is C18H20BrN3O2. The summed E-state index contributed by atoms with van der Waals surface area (Å²) in [5, 5.41) is 3.02. The third-order valence-electron chi connectivity index (χ3n) is 4.17. The van der Waals surface area contributed by atoms with Crippen molar-refractivity contribution in [2.75, 3.05) is 13.7 Å². The van der Waals surface area contributed by atoms with Gasteiger partial charge in [-0.1, -0.05) is 46.3 Å². The SMILES string of the molecule is COc1ccccc1CNC(=O)C1CNNC1c1cccc(Br)c1. The minimum atomic E-state index is -0.172. The Morgan fingerprint density at radius 2 is 2.12 bits per heavy atom. The number of halogens is 1. The molecule has 2 aromatic carbocycles. The average molecular weight is 390 g/mol. The van der Waals surface area contributed by atoms with Crippen molar-refractivity contribution in [1.82, 2.24) is 16.2 Å². The third kappa shape index (κ3) is 3.77. The van der Waals surface area contributed by atoms with Crippen molar-refractivity contribution in [1.29, 1.82) is 0 Å². The number of hydrogen-bond donors (Lipinski definition) is 3. The van der Waals surface area contributed by atoms with Gasteiger partial charge in [-0.2, -0.15) is 0 Å². The third-order valence-corrected chi connectivity index (χ3v) is 4.67. The number of carbonyl (C=O) groups is 1. The number of benzene rings is 2. The Hall–Kier alpha value is -1.89. The molecule has 3 rings (SSSR count). The molecule has 1 heterocycles. The van der Waals surface area contributed by atoms with Gasteiger partial charge in [0, 0.05) is 23.1 Å². The molecule has 0 radical (unpaired) electrons. The van der Waals surface area contributed by atoms with Crippen molar-refractivity contribution in [3.05, 3.63) is 64.1 Å². The van der Waals surface area contributed by atoms with Gasteiger partial charge in [-0.25, -0.2) is 5.43 Å². The van der Waals surface area contributed by atoms with Crippen molar-refractivity contribution < 1.29 is 9.53 Å². The molecule has 0 saturated carbocycles. The van der Waals surface area contributed by atoms with Crippen LogP contribution in [0.25, 0.3) is 0 Å². The van der Waals surface area contributed by atoms with Crippen molar-refractivity contribution in [3.8, 4) is 5.75 Å². The summed E-state index contributed by atoms with van der Waals surface area (Å²) in [5.41, 5.74) is 8.33. The lowest BCUT2D eigenvalue weighted by Crippen LogP contribution is -2.34. The second-order valence-electron chi connectivity index (χ2n) is 5.69. The molecule has 2 aromatic rings. The summed E-state index contributed by atoms with van der Waals surface area (Å²) in [4.78, 5) is 12.6. The Kier molecular flexibility index (Phi) is 5.50. The van der Waals surface area contributed by atoms with Crippen molar-refractivity contribution >= 4 is 21.8 Å². The number of carbonyl (C=O) groups excluding carboxylic acids is 1. The molecule has 1 fully saturated rings. The number of amides is 1. The summed E-state index contributed by atoms with van der Waals surface area (Å²) in [6.07, 6.45) is 0. The lowest BCUT2D eigenvalue weighted by Gasteiger charge is -2.19. The van der Waals surface area contributed by atoms with Crippen LogP contribution >= 0.6 is 15.9 Å². The Morgan fingerprint density at radius 1 is 1.29 bits per heavy atom. The van der Waals surface area contributed by atoms with Crippen LogP contribution in [0.15, 0.2) is 53.0 Å². The Bertz CT molecular complexity index is 723. The van der Waals surface area contributed by atoms with E-state index in [2.05, 4.69) is 32.1 Å². The number of nitrogens with one attached hydrogen (secondary N) is 3. The first-order valence-corrected chi connectivity index (χ1v) is 8.62. The van der Waals surface area contributed by atoms with Crippen LogP contribution in [-0.4, -0.2) is 19.6 Å². The molecule has 126 valence electrons. The topological polar surface area (TPSA) is 62.4 Å². The molecule has 0 aliphatic carbocycles. The van der Waals surface area contributed by atoms with Crippen LogP contribution in [-0.2, 0) is 11.3 Å². The van der Waals surface area contributed by atoms with Gasteiger partial charge in [-0.15, -0.1) is 0 Å². The highest BCUT2D eigenvalue weighted by Gasteiger charge is 2.33. The average Bonchev–Trinajstić information content (AvgIpc) is 3.09. The van der Waals surface area contributed by atoms with Crippen LogP contribution in [0, 0.1) is 5.92 Å². The van der Waals surface area contributed by atoms with Gasteiger partial charge < -0.3 is 10.1 Å². The fraction of sp³-hybridized carbons (Fsp3) is 0.278. The minimum absolute atomic E-state index is 0.0170. The quantitative estimate of drug-likeness (QED) is 0.735. The van der Waals surface area contributed by atoms with Crippen molar-refractivity contribution in [3.63, 3.8) is 0 Å². The maximum absolute atomic E-state index is 12.6. The Labute approximate surface area is 149 Å². The first-order chi connectivity index (χ1) is 11.7. The van der Waals surface area contributed by atoms with Crippen LogP contribution in [0.4, 0.5) is 0 Å². The zero-order chi connectivity index (χ0) is 16.9. The molecule has 1 saturated heterocycles. The largest absolute Gasteiger partial charge is 0.496 e. The van der Waals surface area contributed by atoms with Crippen LogP contribution in [0.2, 0.25) is 0 Å². The van der Waals surface area contributed by atoms with E-state index in [0.29, 0.717) is 13.1 Å². The van der Waals surface area contributed by atoms with E-state index in [9.17, 15) is 4.79 Å². The van der Waals surface area contributed by atoms with Gasteiger partial charge in [0.05, 0.1) is 19.1 Å². The molecule has 24 heavy (non-hydrogen) atoms. The normalized spacial score (nSPS) is 19.9. The van der Waals surface area contributed by atoms with Crippen molar-refractivity contribution in [2.24, 2.45) is 5.92 Å². The van der Waals surface area contributed by atoms with Crippen molar-refractivity contribution in [2.45, 2.75) is 12.6 Å². The fourth-order valence-corrected chi connectivity index (χ4v) is 3.34. The van der Waals surface area contributed by atoms with Crippen LogP contribution in [0.1, 0.15) is 17.2 Å². The number of hydrogen-bond acceptors (Lipinski definition) is 4. The lowest BCUT2D eigenvalue weighted by atomic mass is 9.94. The number of ether oxygens (including phenoxy) is 1. The molecule has 2 atom stereocenters. The van der Waals surface area contributed by atoms with Gasteiger partial charge in [-0.05, 0) is 23.8 Å². The summed E-state index contributed by atoms with van der Waals surface area (Å²) in [6, 6.07) is 15.7. The number of methoxy groups -OCH3 is 1. The number of para-hydroxylation sites is 1. The molecule has 0 bridgehead atoms. The van der Waals surface area contributed by atoms with E-state index in [1.807, 2.05) is 48.5 Å². The smallest absolute Gasteiger partial charge is 0.226 e. The second kappa shape index (κ2) is 7.79. The van der Waals surface area contributed by atoms with Crippen LogP contribution in [0.5, 0.6) is 5.75 Å². The maximum atomic E-state index is 12.6. The standard InChI is InChI=1S/C18H20BrN3O2/c1-24-16-8-3-2-5-13(16)10-20-18(23)15-11-21-22-17(15)12-6-4-7-14(19)9-12/h2-9,15,17,21-22H,10-11H2,1H3,(H,20,23). The van der Waals surface area contributed by atoms with E-state index in [-0.39, 0.29) is 17.9 Å². The first-order valence-electron chi connectivity index (χ1n) is 7.82. The Morgan fingerprint density at radius 3 is 2.92 bits per heavy atom. The van der Waals surface area contributed by atoms with E-state index in [1.165, 1.54) is 0 Å². The molecule has 1 aliphatic rings. The zero-order valence-corrected chi connectivity index (χ0v) is 15.0. The molecule has 0 spiro atoms. The minimum Gasteiger partial charge on any atom is -0.496 e. The highest BCUT2D eigenvalue weighted by atomic mass is 79.9. The van der Waals surface area contributed by atoms with Gasteiger partial charge in [0.25, 0.3) is 0 Å². The highest BCUT2D eigenvalue weighted by Crippen LogP contribution is 2.27. The van der Waals surface area contributed by atoms with Crippen LogP contribution in [0.3, 0.4) is 0 Å². The van der Waals surface area contributed by atoms with E-state index < -0.39 is 0 Å². The fourth-order valence-electron chi connectivity index (χ4n) is 2.92. The summed E-state index contributed by atoms with van der Waals surface area (Å²) in [7, 11) is 1.63. The first kappa shape index (κ1) is 17.0. The van der Waals surface area contributed by atoms with Gasteiger partial charge in [-0.3, -0.25) is 10.2 Å². The zero-order valence-electron chi connectivity index (χ0n) is 13.4. The Balaban J connectivity index is 1.68. The molecule has 2 unspecified atom stereocenters. The molecular weight excluding hydrogens is 370 g/mol. The number of rotatable bonds is 5. The number of hydrazine groups is 1. The summed E-state index contributed by atoms with van der Waals surface area (Å²) in [5.74, 6) is 0.626. The second-order valence-corrected chi connectivity index (χ2v) is 6.61. The van der Waals surface area contributed by atoms with E-state index in [4.69, 9.17) is 4.74 Å². The maximum Gasteiger partial charge on any atom is 0.226 e. The lowest BCUT2D eigenvalue weighted by molar-refractivity contribution is -0.125. The predicted molar refractivity (Wildman–Crippen MR) is 96.4 cm³/mol. The van der Waals surface area contributed by atoms with E-state index in [0.717, 1.165) is 21.3 Å². The molecule has 1 aliphatic heterocycles. The van der Waals surface area contributed by atoms with Gasteiger partial charge >= 0.3 is 0 Å². The summed E-state index contributed by atoms with van der Waals surface area (Å²) < 4.78 is 6.33. The van der Waals surface area contributed by atoms with Gasteiger partial charge in [0.1, 0.15) is 5.75 Å². The summed E-state index contributed by atoms with van der Waals surface area (Å²) >= 11 is 3.48. The monoisotopic (exact) mass is 389 g/mol. The van der Waals surface area contributed by atoms with E-state index in [1.54, 1.807) is 7.11 Å². The van der Waals surface area contributed by atoms with Gasteiger partial charge in [0.2, 0.25) is 5.91 Å². The summed E-state index contributed by atoms with van der Waals surface area (Å²) in [6.45, 7) is 1.04. The highest BCUT2D eigenvalue weighted by molar-refractivity contribution is 9.10. The predicted octanol–water partition coefficient (Wildman–Crippen LogP) is 2.54.